The largest absolute Gasteiger partial charge is 0.478 e. The number of carbonyl (C=O) groups excluding carboxylic acids is 2. The molecule has 1 aromatic rings. The Morgan fingerprint density at radius 1 is 1.00 bits per heavy atom. The minimum atomic E-state index is -0.959. The monoisotopic (exact) mass is 462 g/mol. The van der Waals surface area contributed by atoms with E-state index in [0.717, 1.165) is 81.8 Å². The van der Waals surface area contributed by atoms with E-state index in [1.807, 2.05) is 4.90 Å². The van der Waals surface area contributed by atoms with Crippen LogP contribution in [0.3, 0.4) is 0 Å². The van der Waals surface area contributed by atoms with Crippen LogP contribution in [0.2, 0.25) is 0 Å². The van der Waals surface area contributed by atoms with Gasteiger partial charge in [-0.1, -0.05) is 6.92 Å². The van der Waals surface area contributed by atoms with Crippen LogP contribution in [0, 0.1) is 5.92 Å². The summed E-state index contributed by atoms with van der Waals surface area (Å²) in [7, 11) is 0. The first-order chi connectivity index (χ1) is 15.4. The highest BCUT2D eigenvalue weighted by Gasteiger charge is 2.29. The predicted molar refractivity (Wildman–Crippen MR) is 124 cm³/mol. The van der Waals surface area contributed by atoms with Crippen LogP contribution in [-0.4, -0.2) is 89.9 Å². The second kappa shape index (κ2) is 10.3. The Bertz CT molecular complexity index is 856. The summed E-state index contributed by atoms with van der Waals surface area (Å²) >= 11 is 1.42. The second-order valence-corrected chi connectivity index (χ2v) is 10.5. The van der Waals surface area contributed by atoms with Gasteiger partial charge < -0.3 is 15.3 Å². The lowest BCUT2D eigenvalue weighted by molar-refractivity contribution is -0.134. The third-order valence-electron chi connectivity index (χ3n) is 6.88. The summed E-state index contributed by atoms with van der Waals surface area (Å²) in [6.45, 7) is 7.62. The van der Waals surface area contributed by atoms with Crippen LogP contribution in [0.1, 0.15) is 53.4 Å². The van der Waals surface area contributed by atoms with E-state index < -0.39 is 5.97 Å². The van der Waals surface area contributed by atoms with Gasteiger partial charge in [0.05, 0.1) is 18.7 Å². The molecular formula is C23H34N4O4S. The lowest BCUT2D eigenvalue weighted by atomic mass is 9.88. The Morgan fingerprint density at radius 2 is 1.66 bits per heavy atom. The number of piperazine rings is 1. The van der Waals surface area contributed by atoms with Gasteiger partial charge in [0.2, 0.25) is 11.8 Å². The zero-order valence-corrected chi connectivity index (χ0v) is 19.7. The molecule has 0 radical (unpaired) electrons. The van der Waals surface area contributed by atoms with Crippen LogP contribution in [-0.2, 0) is 22.4 Å². The van der Waals surface area contributed by atoms with Gasteiger partial charge in [-0.15, -0.1) is 11.3 Å². The maximum atomic E-state index is 12.7. The average molecular weight is 463 g/mol. The quantitative estimate of drug-likeness (QED) is 0.673. The van der Waals surface area contributed by atoms with Crippen molar-refractivity contribution in [1.82, 2.24) is 14.7 Å². The molecule has 0 saturated carbocycles. The number of nitrogens with one attached hydrogen (secondary N) is 1. The zero-order valence-electron chi connectivity index (χ0n) is 18.9. The van der Waals surface area contributed by atoms with E-state index in [4.69, 9.17) is 0 Å². The molecule has 2 N–H and O–H groups in total. The Kier molecular flexibility index (Phi) is 7.48. The lowest BCUT2D eigenvalue weighted by Gasteiger charge is -2.35. The topological polar surface area (TPSA) is 93.2 Å². The number of hydrogen-bond acceptors (Lipinski definition) is 6. The Hall–Kier alpha value is -1.97. The highest BCUT2D eigenvalue weighted by molar-refractivity contribution is 7.17. The number of piperidine rings is 1. The van der Waals surface area contributed by atoms with Crippen molar-refractivity contribution in [3.63, 3.8) is 0 Å². The number of hydrogen-bond donors (Lipinski definition) is 2. The first-order valence-electron chi connectivity index (χ1n) is 11.8. The van der Waals surface area contributed by atoms with Gasteiger partial charge in [-0.3, -0.25) is 19.4 Å². The van der Waals surface area contributed by atoms with Crippen LogP contribution in [0.15, 0.2) is 0 Å². The van der Waals surface area contributed by atoms with Gasteiger partial charge in [-0.25, -0.2) is 4.79 Å². The number of amides is 2. The average Bonchev–Trinajstić information content (AvgIpc) is 3.12. The summed E-state index contributed by atoms with van der Waals surface area (Å²) in [6.07, 6.45) is 6.06. The molecule has 2 aliphatic heterocycles. The lowest BCUT2D eigenvalue weighted by Crippen LogP contribution is -2.51. The van der Waals surface area contributed by atoms with Crippen molar-refractivity contribution in [1.29, 1.82) is 0 Å². The number of aromatic carboxylic acids is 1. The molecule has 1 unspecified atom stereocenters. The molecule has 8 nitrogen and oxygen atoms in total. The fourth-order valence-electron chi connectivity index (χ4n) is 4.97. The molecule has 1 aliphatic carbocycles. The van der Waals surface area contributed by atoms with Crippen molar-refractivity contribution < 1.29 is 19.5 Å². The molecule has 3 heterocycles. The highest BCUT2D eigenvalue weighted by atomic mass is 32.1. The summed E-state index contributed by atoms with van der Waals surface area (Å²) in [5.41, 5.74) is 1.19. The number of carboxylic acids is 1. The van der Waals surface area contributed by atoms with Crippen molar-refractivity contribution >= 4 is 34.1 Å². The molecule has 0 spiro atoms. The Balaban J connectivity index is 1.27. The first-order valence-corrected chi connectivity index (χ1v) is 12.6. The number of fused-ring (bicyclic) bond motifs is 1. The number of anilines is 1. The van der Waals surface area contributed by atoms with Gasteiger partial charge in [0, 0.05) is 44.1 Å². The van der Waals surface area contributed by atoms with Crippen LogP contribution in [0.4, 0.5) is 5.00 Å². The van der Waals surface area contributed by atoms with Gasteiger partial charge in [0.25, 0.3) is 0 Å². The summed E-state index contributed by atoms with van der Waals surface area (Å²) in [5, 5.41) is 13.1. The number of thiophene rings is 1. The molecule has 32 heavy (non-hydrogen) atoms. The summed E-state index contributed by atoms with van der Waals surface area (Å²) in [6, 6.07) is 0. The molecule has 0 bridgehead atoms. The van der Waals surface area contributed by atoms with Crippen LogP contribution in [0.25, 0.3) is 0 Å². The molecular weight excluding hydrogens is 428 g/mol. The third-order valence-corrected chi connectivity index (χ3v) is 8.05. The summed E-state index contributed by atoms with van der Waals surface area (Å²) < 4.78 is 0. The SMILES string of the molecule is CC1CCc2c(sc(NC(=O)CN3CCN(CC(=O)N4CCCCC4)CC3)c2C(=O)O)C1. The molecule has 2 fully saturated rings. The molecule has 1 aromatic heterocycles. The molecule has 2 amide bonds. The minimum Gasteiger partial charge on any atom is -0.478 e. The molecule has 4 rings (SSSR count). The third kappa shape index (κ3) is 5.50. The van der Waals surface area contributed by atoms with E-state index in [0.29, 0.717) is 17.5 Å². The van der Waals surface area contributed by atoms with E-state index in [2.05, 4.69) is 22.0 Å². The highest BCUT2D eigenvalue weighted by Crippen LogP contribution is 2.39. The first kappa shape index (κ1) is 23.2. The van der Waals surface area contributed by atoms with Crippen LogP contribution >= 0.6 is 11.3 Å². The molecule has 176 valence electrons. The van der Waals surface area contributed by atoms with Gasteiger partial charge in [-0.2, -0.15) is 0 Å². The van der Waals surface area contributed by atoms with Gasteiger partial charge in [0.1, 0.15) is 5.00 Å². The normalized spacial score (nSPS) is 22.4. The van der Waals surface area contributed by atoms with Gasteiger partial charge in [-0.05, 0) is 50.0 Å². The summed E-state index contributed by atoms with van der Waals surface area (Å²) in [4.78, 5) is 44.3. The molecule has 2 saturated heterocycles. The maximum Gasteiger partial charge on any atom is 0.339 e. The molecule has 0 aromatic carbocycles. The number of carbonyl (C=O) groups is 3. The second-order valence-electron chi connectivity index (χ2n) is 9.40. The Morgan fingerprint density at radius 3 is 2.31 bits per heavy atom. The fourth-order valence-corrected chi connectivity index (χ4v) is 6.39. The van der Waals surface area contributed by atoms with E-state index in [-0.39, 0.29) is 23.9 Å². The number of nitrogens with zero attached hydrogens (tertiary/aromatic N) is 3. The number of carboxylic acid groups (broad SMARTS) is 1. The molecule has 1 atom stereocenters. The van der Waals surface area contributed by atoms with E-state index in [1.165, 1.54) is 17.8 Å². The smallest absolute Gasteiger partial charge is 0.339 e. The Labute approximate surface area is 193 Å². The van der Waals surface area contributed by atoms with E-state index in [1.54, 1.807) is 0 Å². The summed E-state index contributed by atoms with van der Waals surface area (Å²) in [5.74, 6) is -0.367. The van der Waals surface area contributed by atoms with Crippen molar-refractivity contribution in [2.75, 3.05) is 57.7 Å². The van der Waals surface area contributed by atoms with Crippen molar-refractivity contribution in [2.24, 2.45) is 5.92 Å². The fraction of sp³-hybridized carbons (Fsp3) is 0.696. The maximum absolute atomic E-state index is 12.7. The van der Waals surface area contributed by atoms with Crippen LogP contribution < -0.4 is 5.32 Å². The number of rotatable bonds is 6. The van der Waals surface area contributed by atoms with Crippen molar-refractivity contribution in [3.8, 4) is 0 Å². The molecule has 3 aliphatic rings. The van der Waals surface area contributed by atoms with Crippen molar-refractivity contribution in [2.45, 2.75) is 45.4 Å². The van der Waals surface area contributed by atoms with Crippen molar-refractivity contribution in [3.05, 3.63) is 16.0 Å². The zero-order chi connectivity index (χ0) is 22.7. The molecule has 9 heteroatoms. The number of likely N-dealkylation sites (tertiary alicyclic amines) is 1. The van der Waals surface area contributed by atoms with E-state index >= 15 is 0 Å². The minimum absolute atomic E-state index is 0.169. The predicted octanol–water partition coefficient (Wildman–Crippen LogP) is 2.14. The standard InChI is InChI=1S/C23H34N4O4S/c1-16-5-6-17-18(13-16)32-22(21(17)23(30)31)24-19(28)14-25-9-11-26(12-10-25)15-20(29)27-7-3-2-4-8-27/h16H,2-15H2,1H3,(H,24,28)(H,30,31). The van der Waals surface area contributed by atoms with Crippen LogP contribution in [0.5, 0.6) is 0 Å². The van der Waals surface area contributed by atoms with Gasteiger partial charge >= 0.3 is 5.97 Å². The van der Waals surface area contributed by atoms with E-state index in [9.17, 15) is 19.5 Å². The van der Waals surface area contributed by atoms with Gasteiger partial charge in [0.15, 0.2) is 0 Å².